The molecule has 15 heavy (non-hydrogen) atoms. The molecule has 3 nitrogen and oxygen atoms in total. The lowest BCUT2D eigenvalue weighted by molar-refractivity contribution is -0.141. The van der Waals surface area contributed by atoms with E-state index in [0.29, 0.717) is 11.8 Å². The lowest BCUT2D eigenvalue weighted by Crippen LogP contribution is -2.34. The van der Waals surface area contributed by atoms with Crippen molar-refractivity contribution in [3.8, 4) is 0 Å². The van der Waals surface area contributed by atoms with Gasteiger partial charge in [0.15, 0.2) is 0 Å². The van der Waals surface area contributed by atoms with Crippen LogP contribution in [0.5, 0.6) is 0 Å². The highest BCUT2D eigenvalue weighted by Gasteiger charge is 2.21. The molecular weight excluding hydrogens is 190 g/mol. The highest BCUT2D eigenvalue weighted by molar-refractivity contribution is 5.70. The second kappa shape index (κ2) is 6.83. The molecule has 90 valence electrons. The molecule has 0 amide bonds. The summed E-state index contributed by atoms with van der Waals surface area (Å²) in [7, 11) is 0. The Labute approximate surface area is 93.0 Å². The quantitative estimate of drug-likeness (QED) is 0.686. The van der Waals surface area contributed by atoms with Crippen molar-refractivity contribution in [2.75, 3.05) is 0 Å². The zero-order chi connectivity index (χ0) is 12.0. The van der Waals surface area contributed by atoms with Crippen molar-refractivity contribution in [2.24, 2.45) is 23.5 Å². The van der Waals surface area contributed by atoms with Crippen LogP contribution in [-0.4, -0.2) is 17.1 Å². The molecule has 0 spiro atoms. The molecule has 0 bridgehead atoms. The maximum absolute atomic E-state index is 10.7. The Morgan fingerprint density at radius 1 is 1.20 bits per heavy atom. The molecule has 0 aliphatic carbocycles. The van der Waals surface area contributed by atoms with E-state index in [0.717, 1.165) is 12.8 Å². The topological polar surface area (TPSA) is 63.3 Å². The molecule has 0 radical (unpaired) electrons. The third kappa shape index (κ3) is 6.50. The van der Waals surface area contributed by atoms with E-state index in [1.165, 1.54) is 6.42 Å². The Balaban J connectivity index is 3.85. The largest absolute Gasteiger partial charge is 0.481 e. The van der Waals surface area contributed by atoms with Gasteiger partial charge in [-0.2, -0.15) is 0 Å². The molecule has 0 aromatic rings. The molecular formula is C12H25NO2. The fourth-order valence-corrected chi connectivity index (χ4v) is 1.59. The average Bonchev–Trinajstić information content (AvgIpc) is 2.13. The van der Waals surface area contributed by atoms with Gasteiger partial charge >= 0.3 is 5.97 Å². The standard InChI is InChI=1S/C12H25NO2/c1-8(2)5-6-9(3)7-11(13)10(4)12(14)15/h8-11H,5-7,13H2,1-4H3,(H,14,15). The fraction of sp³-hybridized carbons (Fsp3) is 0.917. The van der Waals surface area contributed by atoms with Crippen LogP contribution in [0.2, 0.25) is 0 Å². The predicted molar refractivity (Wildman–Crippen MR) is 62.6 cm³/mol. The third-order valence-electron chi connectivity index (χ3n) is 2.94. The van der Waals surface area contributed by atoms with Crippen LogP contribution in [-0.2, 0) is 4.79 Å². The summed E-state index contributed by atoms with van der Waals surface area (Å²) in [5.41, 5.74) is 5.84. The van der Waals surface area contributed by atoms with Crippen molar-refractivity contribution in [3.05, 3.63) is 0 Å². The zero-order valence-corrected chi connectivity index (χ0v) is 10.4. The molecule has 0 saturated carbocycles. The van der Waals surface area contributed by atoms with E-state index in [1.807, 2.05) is 0 Å². The predicted octanol–water partition coefficient (Wildman–Crippen LogP) is 2.50. The number of rotatable bonds is 7. The first-order valence-electron chi connectivity index (χ1n) is 5.83. The van der Waals surface area contributed by atoms with Crippen molar-refractivity contribution in [1.29, 1.82) is 0 Å². The average molecular weight is 215 g/mol. The summed E-state index contributed by atoms with van der Waals surface area (Å²) in [6.07, 6.45) is 3.13. The van der Waals surface area contributed by atoms with Gasteiger partial charge in [0.05, 0.1) is 5.92 Å². The molecule has 0 saturated heterocycles. The van der Waals surface area contributed by atoms with E-state index in [4.69, 9.17) is 10.8 Å². The second-order valence-electron chi connectivity index (χ2n) is 5.10. The number of carbonyl (C=O) groups is 1. The highest BCUT2D eigenvalue weighted by Crippen LogP contribution is 2.18. The van der Waals surface area contributed by atoms with Gasteiger partial charge in [0, 0.05) is 6.04 Å². The number of nitrogens with two attached hydrogens (primary N) is 1. The van der Waals surface area contributed by atoms with E-state index in [1.54, 1.807) is 6.92 Å². The molecule has 0 fully saturated rings. The molecule has 0 aliphatic rings. The van der Waals surface area contributed by atoms with Crippen LogP contribution in [0.3, 0.4) is 0 Å². The SMILES string of the molecule is CC(C)CCC(C)CC(N)C(C)C(=O)O. The number of aliphatic carboxylic acids is 1. The summed E-state index contributed by atoms with van der Waals surface area (Å²) >= 11 is 0. The minimum atomic E-state index is -0.793. The molecule has 0 aliphatic heterocycles. The normalized spacial score (nSPS) is 17.5. The molecule has 3 heteroatoms. The van der Waals surface area contributed by atoms with Crippen molar-refractivity contribution in [1.82, 2.24) is 0 Å². The summed E-state index contributed by atoms with van der Waals surface area (Å²) in [6.45, 7) is 8.23. The number of carboxylic acids is 1. The van der Waals surface area contributed by atoms with Gasteiger partial charge in [0.25, 0.3) is 0 Å². The van der Waals surface area contributed by atoms with Gasteiger partial charge in [-0.25, -0.2) is 0 Å². The smallest absolute Gasteiger partial charge is 0.307 e. The summed E-state index contributed by atoms with van der Waals surface area (Å²) in [5, 5.41) is 8.80. The van der Waals surface area contributed by atoms with Crippen LogP contribution < -0.4 is 5.73 Å². The number of hydrogen-bond acceptors (Lipinski definition) is 2. The molecule has 3 atom stereocenters. The van der Waals surface area contributed by atoms with Crippen LogP contribution in [0.15, 0.2) is 0 Å². The van der Waals surface area contributed by atoms with Gasteiger partial charge in [0.2, 0.25) is 0 Å². The summed E-state index contributed by atoms with van der Waals surface area (Å²) in [4.78, 5) is 10.7. The van der Waals surface area contributed by atoms with Crippen molar-refractivity contribution in [2.45, 2.75) is 53.0 Å². The molecule has 0 rings (SSSR count). The van der Waals surface area contributed by atoms with Gasteiger partial charge in [-0.15, -0.1) is 0 Å². The van der Waals surface area contributed by atoms with Crippen LogP contribution in [0, 0.1) is 17.8 Å². The third-order valence-corrected chi connectivity index (χ3v) is 2.94. The van der Waals surface area contributed by atoms with E-state index in [9.17, 15) is 4.79 Å². The van der Waals surface area contributed by atoms with Gasteiger partial charge in [-0.05, 0) is 18.3 Å². The number of hydrogen-bond donors (Lipinski definition) is 2. The van der Waals surface area contributed by atoms with Gasteiger partial charge in [-0.3, -0.25) is 4.79 Å². The minimum Gasteiger partial charge on any atom is -0.481 e. The van der Waals surface area contributed by atoms with Gasteiger partial charge in [0.1, 0.15) is 0 Å². The first kappa shape index (κ1) is 14.4. The van der Waals surface area contributed by atoms with E-state index in [2.05, 4.69) is 20.8 Å². The first-order chi connectivity index (χ1) is 6.84. The van der Waals surface area contributed by atoms with E-state index < -0.39 is 11.9 Å². The lowest BCUT2D eigenvalue weighted by atomic mass is 9.89. The van der Waals surface area contributed by atoms with Crippen molar-refractivity contribution in [3.63, 3.8) is 0 Å². The molecule has 0 heterocycles. The highest BCUT2D eigenvalue weighted by atomic mass is 16.4. The Bertz CT molecular complexity index is 192. The fourth-order valence-electron chi connectivity index (χ4n) is 1.59. The van der Waals surface area contributed by atoms with Crippen LogP contribution in [0.4, 0.5) is 0 Å². The maximum Gasteiger partial charge on any atom is 0.307 e. The maximum atomic E-state index is 10.7. The molecule has 0 aromatic heterocycles. The van der Waals surface area contributed by atoms with Gasteiger partial charge < -0.3 is 10.8 Å². The van der Waals surface area contributed by atoms with E-state index in [-0.39, 0.29) is 6.04 Å². The summed E-state index contributed by atoms with van der Waals surface area (Å²) in [5.74, 6) is -0.00479. The molecule has 3 N–H and O–H groups in total. The van der Waals surface area contributed by atoms with E-state index >= 15 is 0 Å². The van der Waals surface area contributed by atoms with Crippen LogP contribution >= 0.6 is 0 Å². The monoisotopic (exact) mass is 215 g/mol. The lowest BCUT2D eigenvalue weighted by Gasteiger charge is -2.20. The Hall–Kier alpha value is -0.570. The molecule has 0 aromatic carbocycles. The van der Waals surface area contributed by atoms with Gasteiger partial charge in [-0.1, -0.05) is 40.5 Å². The second-order valence-corrected chi connectivity index (χ2v) is 5.10. The van der Waals surface area contributed by atoms with Crippen molar-refractivity contribution < 1.29 is 9.90 Å². The Morgan fingerprint density at radius 2 is 1.73 bits per heavy atom. The van der Waals surface area contributed by atoms with Crippen LogP contribution in [0.25, 0.3) is 0 Å². The molecule has 3 unspecified atom stereocenters. The summed E-state index contributed by atoms with van der Waals surface area (Å²) in [6, 6.07) is -0.218. The Morgan fingerprint density at radius 3 is 2.13 bits per heavy atom. The van der Waals surface area contributed by atoms with Crippen LogP contribution in [0.1, 0.15) is 47.0 Å². The Kier molecular flexibility index (Phi) is 6.57. The van der Waals surface area contributed by atoms with Crippen molar-refractivity contribution >= 4 is 5.97 Å². The first-order valence-corrected chi connectivity index (χ1v) is 5.83. The summed E-state index contributed by atoms with van der Waals surface area (Å²) < 4.78 is 0. The number of carboxylic acid groups (broad SMARTS) is 1. The minimum absolute atomic E-state index is 0.218. The zero-order valence-electron chi connectivity index (χ0n) is 10.4.